The number of nitrogens with one attached hydrogen (secondary N) is 2. The lowest BCUT2D eigenvalue weighted by atomic mass is 10.1. The van der Waals surface area contributed by atoms with Gasteiger partial charge in [0.05, 0.1) is 17.7 Å². The highest BCUT2D eigenvalue weighted by molar-refractivity contribution is 7.93. The maximum absolute atomic E-state index is 12.9. The molecule has 1 aliphatic carbocycles. The molecule has 0 bridgehead atoms. The molecular weight excluding hydrogens is 458 g/mol. The third kappa shape index (κ3) is 4.70. The number of thiazole rings is 1. The first-order valence-corrected chi connectivity index (χ1v) is 12.8. The Morgan fingerprint density at radius 1 is 1.23 bits per heavy atom. The molecule has 4 rings (SSSR count). The molecule has 12 heteroatoms. The van der Waals surface area contributed by atoms with Crippen LogP contribution in [0.4, 0.5) is 10.3 Å². The van der Waals surface area contributed by atoms with Crippen molar-refractivity contribution in [2.24, 2.45) is 5.92 Å². The minimum atomic E-state index is -3.95. The van der Waals surface area contributed by atoms with Gasteiger partial charge in [0.2, 0.25) is 11.0 Å². The van der Waals surface area contributed by atoms with Gasteiger partial charge in [-0.1, -0.05) is 35.5 Å². The van der Waals surface area contributed by atoms with Crippen LogP contribution >= 0.6 is 22.7 Å². The Labute approximate surface area is 188 Å². The van der Waals surface area contributed by atoms with E-state index in [4.69, 9.17) is 4.74 Å². The summed E-state index contributed by atoms with van der Waals surface area (Å²) in [4.78, 5) is 17.7. The third-order valence-corrected chi connectivity index (χ3v) is 8.27. The first-order chi connectivity index (χ1) is 14.9. The van der Waals surface area contributed by atoms with E-state index in [1.165, 1.54) is 30.0 Å². The average molecular weight is 480 g/mol. The molecule has 164 valence electrons. The number of methoxy groups -OCH3 is 1. The van der Waals surface area contributed by atoms with E-state index in [0.717, 1.165) is 41.9 Å². The molecule has 1 fully saturated rings. The summed E-state index contributed by atoms with van der Waals surface area (Å²) in [5.41, 5.74) is 2.81. The Hall–Kier alpha value is -2.57. The summed E-state index contributed by atoms with van der Waals surface area (Å²) in [5.74, 6) is 0.242. The van der Waals surface area contributed by atoms with Gasteiger partial charge >= 0.3 is 0 Å². The van der Waals surface area contributed by atoms with Crippen molar-refractivity contribution in [3.05, 3.63) is 29.4 Å². The predicted molar refractivity (Wildman–Crippen MR) is 120 cm³/mol. The lowest BCUT2D eigenvalue weighted by molar-refractivity contribution is -0.119. The molecule has 0 unspecified atom stereocenters. The number of hydrogen-bond acceptors (Lipinski definition) is 9. The molecule has 1 amide bonds. The summed E-state index contributed by atoms with van der Waals surface area (Å²) in [6.07, 6.45) is 3.97. The number of carbonyl (C=O) groups excluding carboxylic acids is 1. The quantitative estimate of drug-likeness (QED) is 0.527. The number of amides is 1. The van der Waals surface area contributed by atoms with Gasteiger partial charge in [0.25, 0.3) is 10.0 Å². The van der Waals surface area contributed by atoms with E-state index in [0.29, 0.717) is 16.4 Å². The second kappa shape index (κ2) is 8.89. The van der Waals surface area contributed by atoms with Gasteiger partial charge < -0.3 is 10.1 Å². The zero-order valence-corrected chi connectivity index (χ0v) is 19.4. The molecule has 0 aliphatic heterocycles. The maximum Gasteiger partial charge on any atom is 0.267 e. The van der Waals surface area contributed by atoms with E-state index in [1.807, 2.05) is 6.92 Å². The number of aryl methyl sites for hydroxylation is 1. The predicted octanol–water partition coefficient (Wildman–Crippen LogP) is 3.91. The van der Waals surface area contributed by atoms with Gasteiger partial charge in [-0.2, -0.15) is 0 Å². The van der Waals surface area contributed by atoms with Crippen molar-refractivity contribution < 1.29 is 17.9 Å². The number of rotatable bonds is 7. The van der Waals surface area contributed by atoms with Gasteiger partial charge in [-0.25, -0.2) is 13.4 Å². The summed E-state index contributed by atoms with van der Waals surface area (Å²) in [6, 6.07) is 4.90. The number of benzene rings is 1. The lowest BCUT2D eigenvalue weighted by Crippen LogP contribution is -2.20. The normalized spacial score (nSPS) is 14.5. The highest BCUT2D eigenvalue weighted by atomic mass is 32.2. The zero-order valence-electron chi connectivity index (χ0n) is 16.9. The van der Waals surface area contributed by atoms with E-state index in [2.05, 4.69) is 25.2 Å². The highest BCUT2D eigenvalue weighted by Crippen LogP contribution is 2.37. The summed E-state index contributed by atoms with van der Waals surface area (Å²) in [5, 5.41) is 11.0. The number of anilines is 2. The fourth-order valence-electron chi connectivity index (χ4n) is 3.53. The Balaban J connectivity index is 1.63. The molecule has 31 heavy (non-hydrogen) atoms. The second-order valence-corrected chi connectivity index (χ2v) is 10.6. The van der Waals surface area contributed by atoms with Crippen LogP contribution in [0.1, 0.15) is 31.4 Å². The molecule has 0 radical (unpaired) electrons. The van der Waals surface area contributed by atoms with Crippen molar-refractivity contribution in [3.8, 4) is 16.2 Å². The monoisotopic (exact) mass is 479 g/mol. The molecule has 0 atom stereocenters. The van der Waals surface area contributed by atoms with Crippen LogP contribution in [0.2, 0.25) is 0 Å². The molecule has 1 aliphatic rings. The number of nitrogens with zero attached hydrogens (tertiary/aromatic N) is 3. The van der Waals surface area contributed by atoms with Crippen molar-refractivity contribution in [3.63, 3.8) is 0 Å². The van der Waals surface area contributed by atoms with Crippen LogP contribution in [0.15, 0.2) is 28.6 Å². The fourth-order valence-corrected chi connectivity index (χ4v) is 6.38. The van der Waals surface area contributed by atoms with Crippen molar-refractivity contribution in [1.82, 2.24) is 15.2 Å². The minimum Gasteiger partial charge on any atom is -0.495 e. The number of hydrogen-bond donors (Lipinski definition) is 2. The molecule has 0 saturated heterocycles. The molecule has 2 N–H and O–H groups in total. The molecule has 9 nitrogen and oxygen atoms in total. The lowest BCUT2D eigenvalue weighted by Gasteiger charge is -2.11. The average Bonchev–Trinajstić information content (AvgIpc) is 3.50. The molecular formula is C19H21N5O4S3. The molecule has 2 heterocycles. The Morgan fingerprint density at radius 2 is 2.00 bits per heavy atom. The summed E-state index contributed by atoms with van der Waals surface area (Å²) >= 11 is 2.40. The van der Waals surface area contributed by atoms with Crippen molar-refractivity contribution in [2.45, 2.75) is 37.5 Å². The van der Waals surface area contributed by atoms with E-state index >= 15 is 0 Å². The highest BCUT2D eigenvalue weighted by Gasteiger charge is 2.25. The fraction of sp³-hybridized carbons (Fsp3) is 0.368. The topological polar surface area (TPSA) is 123 Å². The van der Waals surface area contributed by atoms with Gasteiger partial charge in [0.15, 0.2) is 5.13 Å². The number of ether oxygens (including phenoxy) is 1. The summed E-state index contributed by atoms with van der Waals surface area (Å²) in [6.45, 7) is 1.83. The van der Waals surface area contributed by atoms with Crippen LogP contribution in [0, 0.1) is 12.8 Å². The van der Waals surface area contributed by atoms with Crippen LogP contribution in [-0.2, 0) is 14.8 Å². The summed E-state index contributed by atoms with van der Waals surface area (Å²) in [7, 11) is -2.53. The van der Waals surface area contributed by atoms with Gasteiger partial charge in [0, 0.05) is 5.92 Å². The molecule has 2 aromatic heterocycles. The van der Waals surface area contributed by atoms with Gasteiger partial charge in [-0.05, 0) is 43.5 Å². The van der Waals surface area contributed by atoms with Crippen LogP contribution in [0.5, 0.6) is 5.75 Å². The van der Waals surface area contributed by atoms with Crippen LogP contribution in [-0.4, -0.2) is 36.6 Å². The number of sulfonamides is 1. The zero-order chi connectivity index (χ0) is 22.0. The molecule has 3 aromatic rings. The van der Waals surface area contributed by atoms with Crippen molar-refractivity contribution >= 4 is 48.9 Å². The third-order valence-electron chi connectivity index (χ3n) is 5.05. The number of carbonyl (C=O) groups is 1. The standard InChI is InChI=1S/C19H21N5O4S3/c1-11-16(30-18(21-11)22-17(25)12-5-3-4-6-12)13-7-8-14(28-2)15(9-13)31(26,27)24-19-23-20-10-29-19/h7-10,12H,3-6H2,1-2H3,(H,23,24)(H,21,22,25). The molecule has 1 aromatic carbocycles. The van der Waals surface area contributed by atoms with Crippen molar-refractivity contribution in [1.29, 1.82) is 0 Å². The van der Waals surface area contributed by atoms with E-state index in [1.54, 1.807) is 12.1 Å². The largest absolute Gasteiger partial charge is 0.495 e. The summed E-state index contributed by atoms with van der Waals surface area (Å²) < 4.78 is 33.5. The first-order valence-electron chi connectivity index (χ1n) is 9.63. The van der Waals surface area contributed by atoms with Crippen LogP contribution in [0.25, 0.3) is 10.4 Å². The molecule has 0 spiro atoms. The van der Waals surface area contributed by atoms with E-state index < -0.39 is 10.0 Å². The Bertz CT molecular complexity index is 1190. The van der Waals surface area contributed by atoms with E-state index in [9.17, 15) is 13.2 Å². The van der Waals surface area contributed by atoms with Crippen molar-refractivity contribution in [2.75, 3.05) is 17.1 Å². The first kappa shape index (κ1) is 21.7. The number of aromatic nitrogens is 3. The van der Waals surface area contributed by atoms with Crippen LogP contribution < -0.4 is 14.8 Å². The Kier molecular flexibility index (Phi) is 6.21. The minimum absolute atomic E-state index is 0.00273. The van der Waals surface area contributed by atoms with Crippen LogP contribution in [0.3, 0.4) is 0 Å². The van der Waals surface area contributed by atoms with Gasteiger partial charge in [0.1, 0.15) is 16.2 Å². The van der Waals surface area contributed by atoms with E-state index in [-0.39, 0.29) is 27.6 Å². The molecule has 1 saturated carbocycles. The Morgan fingerprint density at radius 3 is 2.68 bits per heavy atom. The SMILES string of the molecule is COc1ccc(-c2sc(NC(=O)C3CCCC3)nc2C)cc1S(=O)(=O)Nc1nncs1. The second-order valence-electron chi connectivity index (χ2n) is 7.12. The maximum atomic E-state index is 12.9. The van der Waals surface area contributed by atoms with Gasteiger partial charge in [-0.15, -0.1) is 10.2 Å². The smallest absolute Gasteiger partial charge is 0.267 e. The van der Waals surface area contributed by atoms with Gasteiger partial charge in [-0.3, -0.25) is 9.52 Å².